The molecule has 1 rings (SSSR count). The second-order valence-corrected chi connectivity index (χ2v) is 7.02. The zero-order valence-electron chi connectivity index (χ0n) is 18.8. The largest absolute Gasteiger partial charge is 0.481 e. The molecule has 0 fully saturated rings. The van der Waals surface area contributed by atoms with Crippen LogP contribution < -0.4 is 17.1 Å². The normalized spacial score (nSPS) is 9.27. The van der Waals surface area contributed by atoms with Crippen molar-refractivity contribution in [1.29, 1.82) is 0 Å². The highest BCUT2D eigenvalue weighted by Crippen LogP contribution is 1.81. The Kier molecular flexibility index (Phi) is 23.3. The number of aliphatic carboxylic acids is 3. The molecule has 0 aliphatic heterocycles. The Morgan fingerprint density at radius 1 is 0.576 bits per heavy atom. The maximum Gasteiger partial charge on any atom is 0.336 e. The van der Waals surface area contributed by atoms with Gasteiger partial charge in [0.25, 0.3) is 0 Å². The van der Waals surface area contributed by atoms with Crippen molar-refractivity contribution < 1.29 is 29.7 Å². The van der Waals surface area contributed by atoms with E-state index in [1.54, 1.807) is 20.8 Å². The van der Waals surface area contributed by atoms with Crippen molar-refractivity contribution in [2.45, 2.75) is 59.7 Å². The first kappa shape index (κ1) is 35.5. The van der Waals surface area contributed by atoms with E-state index in [9.17, 15) is 28.8 Å². The number of hydrogen-bond donors (Lipinski definition) is 6. The zero-order chi connectivity index (χ0) is 26.6. The van der Waals surface area contributed by atoms with Crippen molar-refractivity contribution in [3.05, 3.63) is 31.5 Å². The first-order valence-corrected chi connectivity index (χ1v) is 11.7. The van der Waals surface area contributed by atoms with Crippen molar-refractivity contribution in [2.24, 2.45) is 0 Å². The molecule has 1 aromatic heterocycles. The van der Waals surface area contributed by atoms with Gasteiger partial charge in [-0.1, -0.05) is 0 Å². The summed E-state index contributed by atoms with van der Waals surface area (Å²) in [5.41, 5.74) is -1.58. The van der Waals surface area contributed by atoms with Crippen molar-refractivity contribution >= 4 is 55.8 Å². The molecule has 1 aromatic rings. The Balaban J connectivity index is -0.000000417. The van der Waals surface area contributed by atoms with Gasteiger partial charge in [-0.25, -0.2) is 28.1 Å². The number of carboxylic acid groups (broad SMARTS) is 3. The van der Waals surface area contributed by atoms with Crippen LogP contribution in [0.25, 0.3) is 0 Å². The monoisotopic (exact) mass is 531 g/mol. The molecule has 0 aliphatic rings. The first-order valence-electron chi connectivity index (χ1n) is 9.82. The lowest BCUT2D eigenvalue weighted by molar-refractivity contribution is -0.137. The molecule has 192 valence electrons. The predicted molar refractivity (Wildman–Crippen MR) is 135 cm³/mol. The SMILES string of the molecule is CCn1c(=O)n(CC)c(=O)n(CC)c1=O.O=C(O)CCS.O=C(O)CCS.O=C(O)CCS. The van der Waals surface area contributed by atoms with Crippen LogP contribution in [0.4, 0.5) is 0 Å². The smallest absolute Gasteiger partial charge is 0.336 e. The zero-order valence-corrected chi connectivity index (χ0v) is 21.5. The highest BCUT2D eigenvalue weighted by molar-refractivity contribution is 7.80. The van der Waals surface area contributed by atoms with Gasteiger partial charge in [0.05, 0.1) is 19.3 Å². The van der Waals surface area contributed by atoms with Gasteiger partial charge in [-0.15, -0.1) is 0 Å². The number of thiol groups is 3. The lowest BCUT2D eigenvalue weighted by atomic mass is 10.5. The van der Waals surface area contributed by atoms with Gasteiger partial charge < -0.3 is 15.3 Å². The van der Waals surface area contributed by atoms with Crippen molar-refractivity contribution in [1.82, 2.24) is 13.7 Å². The van der Waals surface area contributed by atoms with Gasteiger partial charge in [0.15, 0.2) is 0 Å². The number of hydrogen-bond acceptors (Lipinski definition) is 9. The third-order valence-electron chi connectivity index (χ3n) is 3.31. The molecule has 12 nitrogen and oxygen atoms in total. The minimum atomic E-state index is -0.787. The van der Waals surface area contributed by atoms with Crippen LogP contribution in [0.15, 0.2) is 14.4 Å². The third kappa shape index (κ3) is 17.1. The minimum absolute atomic E-state index is 0.156. The summed E-state index contributed by atoms with van der Waals surface area (Å²) in [6.07, 6.45) is 0.468. The molecule has 0 unspecified atom stereocenters. The average molecular weight is 532 g/mol. The minimum Gasteiger partial charge on any atom is -0.481 e. The molecule has 3 N–H and O–H groups in total. The molecule has 0 aliphatic carbocycles. The van der Waals surface area contributed by atoms with Crippen molar-refractivity contribution in [3.8, 4) is 0 Å². The summed E-state index contributed by atoms with van der Waals surface area (Å²) in [5.74, 6) is -1.08. The molecular weight excluding hydrogens is 498 g/mol. The lowest BCUT2D eigenvalue weighted by Crippen LogP contribution is -2.53. The molecule has 0 saturated heterocycles. The second kappa shape index (κ2) is 21.7. The molecular formula is C18H33N3O9S3. The first-order chi connectivity index (χ1) is 15.4. The summed E-state index contributed by atoms with van der Waals surface area (Å²) >= 11 is 11.0. The molecule has 0 bridgehead atoms. The number of carboxylic acids is 3. The molecule has 0 saturated carbocycles. The summed E-state index contributed by atoms with van der Waals surface area (Å²) in [6, 6.07) is 0. The molecule has 33 heavy (non-hydrogen) atoms. The summed E-state index contributed by atoms with van der Waals surface area (Å²) < 4.78 is 3.19. The van der Waals surface area contributed by atoms with Gasteiger partial charge >= 0.3 is 35.0 Å². The van der Waals surface area contributed by atoms with Crippen LogP contribution in [0.1, 0.15) is 40.0 Å². The average Bonchev–Trinajstić information content (AvgIpc) is 2.70. The molecule has 1 heterocycles. The van der Waals surface area contributed by atoms with Gasteiger partial charge in [-0.2, -0.15) is 37.9 Å². The summed E-state index contributed by atoms with van der Waals surface area (Å²) in [5, 5.41) is 23.6. The van der Waals surface area contributed by atoms with Crippen LogP contribution in [0.2, 0.25) is 0 Å². The van der Waals surface area contributed by atoms with E-state index < -0.39 is 35.0 Å². The van der Waals surface area contributed by atoms with E-state index in [1.807, 2.05) is 0 Å². The Bertz CT molecular complexity index is 750. The van der Waals surface area contributed by atoms with Crippen LogP contribution >= 0.6 is 37.9 Å². The van der Waals surface area contributed by atoms with Crippen LogP contribution in [0.5, 0.6) is 0 Å². The van der Waals surface area contributed by atoms with Gasteiger partial charge in [-0.05, 0) is 20.8 Å². The number of aromatic nitrogens is 3. The van der Waals surface area contributed by atoms with Gasteiger partial charge in [0, 0.05) is 36.9 Å². The van der Waals surface area contributed by atoms with E-state index in [2.05, 4.69) is 37.9 Å². The summed E-state index contributed by atoms with van der Waals surface area (Å²) in [7, 11) is 0. The van der Waals surface area contributed by atoms with Crippen LogP contribution in [0, 0.1) is 0 Å². The van der Waals surface area contributed by atoms with Crippen LogP contribution in [0.3, 0.4) is 0 Å². The fourth-order valence-electron chi connectivity index (χ4n) is 1.78. The van der Waals surface area contributed by atoms with Crippen molar-refractivity contribution in [2.75, 3.05) is 17.3 Å². The Hall–Kier alpha value is -2.13. The summed E-state index contributed by atoms with van der Waals surface area (Å²) in [4.78, 5) is 63.6. The second-order valence-electron chi connectivity index (χ2n) is 5.68. The number of carbonyl (C=O) groups is 3. The fraction of sp³-hybridized carbons (Fsp3) is 0.667. The Morgan fingerprint density at radius 3 is 0.818 bits per heavy atom. The fourth-order valence-corrected chi connectivity index (χ4v) is 2.35. The number of rotatable bonds is 9. The van der Waals surface area contributed by atoms with E-state index in [0.717, 1.165) is 13.7 Å². The van der Waals surface area contributed by atoms with E-state index in [1.165, 1.54) is 0 Å². The van der Waals surface area contributed by atoms with Gasteiger partial charge in [0.1, 0.15) is 0 Å². The van der Waals surface area contributed by atoms with Crippen molar-refractivity contribution in [3.63, 3.8) is 0 Å². The maximum absolute atomic E-state index is 11.7. The predicted octanol–water partition coefficient (Wildman–Crippen LogP) is 0.404. The topological polar surface area (TPSA) is 178 Å². The molecule has 0 aromatic carbocycles. The highest BCUT2D eigenvalue weighted by atomic mass is 32.1. The van der Waals surface area contributed by atoms with E-state index >= 15 is 0 Å². The van der Waals surface area contributed by atoms with Gasteiger partial charge in [-0.3, -0.25) is 14.4 Å². The molecule has 0 radical (unpaired) electrons. The van der Waals surface area contributed by atoms with Crippen LogP contribution in [-0.2, 0) is 34.0 Å². The Morgan fingerprint density at radius 2 is 0.758 bits per heavy atom. The standard InChI is InChI=1S/C9H15N3O3.3C3H6O2S/c1-4-10-7(13)11(5-2)9(15)12(6-3)8(10)14;3*4-3(5)1-2-6/h4-6H2,1-3H3;3*6H,1-2H2,(H,4,5). The maximum atomic E-state index is 11.7. The lowest BCUT2D eigenvalue weighted by Gasteiger charge is -2.09. The molecule has 0 spiro atoms. The summed E-state index contributed by atoms with van der Waals surface area (Å²) in [6.45, 7) is 5.93. The number of nitrogens with zero attached hydrogens (tertiary/aromatic N) is 3. The quantitative estimate of drug-likeness (QED) is 0.246. The molecule has 0 atom stereocenters. The molecule has 0 amide bonds. The third-order valence-corrected chi connectivity index (χ3v) is 3.98. The molecule has 15 heteroatoms. The van der Waals surface area contributed by atoms with E-state index in [0.29, 0.717) is 17.3 Å². The van der Waals surface area contributed by atoms with Crippen LogP contribution in [-0.4, -0.2) is 64.2 Å². The van der Waals surface area contributed by atoms with Gasteiger partial charge in [0.2, 0.25) is 0 Å². The Labute approximate surface area is 207 Å². The van der Waals surface area contributed by atoms with E-state index in [4.69, 9.17) is 15.3 Å². The van der Waals surface area contributed by atoms with E-state index in [-0.39, 0.29) is 38.9 Å². The highest BCUT2D eigenvalue weighted by Gasteiger charge is 2.11.